The van der Waals surface area contributed by atoms with Gasteiger partial charge in [-0.15, -0.1) is 0 Å². The standard InChI is InChI=1S/C28H33F4N3O2/c1-18-13-34-24-7-4-3-6-19(24)10-25(34)27(35(18)16-28(2,32)17-36)26-22(30)11-20(12-23(26)31)37-21-14-33(15-21)9-5-8-29/h3-4,6-7,10-12,18,21,27,36H,5,8-9,13-17H2,1-2H3/t18-,27+,28?/m1/s1. The number of aliphatic hydroxyl groups is 1. The van der Waals surface area contributed by atoms with E-state index in [0.717, 1.165) is 10.9 Å². The van der Waals surface area contributed by atoms with E-state index >= 15 is 13.2 Å². The molecule has 2 aliphatic rings. The van der Waals surface area contributed by atoms with Crippen LogP contribution in [-0.4, -0.2) is 76.7 Å². The van der Waals surface area contributed by atoms with Crippen LogP contribution in [0.15, 0.2) is 42.5 Å². The molecule has 200 valence electrons. The molecule has 0 amide bonds. The Kier molecular flexibility index (Phi) is 7.22. The highest BCUT2D eigenvalue weighted by atomic mass is 19.1. The van der Waals surface area contributed by atoms with Crippen LogP contribution in [0, 0.1) is 11.6 Å². The molecule has 0 saturated carbocycles. The predicted molar refractivity (Wildman–Crippen MR) is 134 cm³/mol. The number of aromatic nitrogens is 1. The molecule has 0 aliphatic carbocycles. The molecule has 1 saturated heterocycles. The highest BCUT2D eigenvalue weighted by Crippen LogP contribution is 2.42. The second-order valence-electron chi connectivity index (χ2n) is 10.6. The summed E-state index contributed by atoms with van der Waals surface area (Å²) in [6.07, 6.45) is 0.237. The maximum Gasteiger partial charge on any atom is 0.143 e. The number of benzene rings is 2. The van der Waals surface area contributed by atoms with E-state index in [2.05, 4.69) is 0 Å². The van der Waals surface area contributed by atoms with Crippen molar-refractivity contribution < 1.29 is 27.4 Å². The monoisotopic (exact) mass is 519 g/mol. The number of fused-ring (bicyclic) bond motifs is 3. The van der Waals surface area contributed by atoms with Crippen molar-refractivity contribution in [1.29, 1.82) is 0 Å². The fourth-order valence-corrected chi connectivity index (χ4v) is 5.59. The Labute approximate surface area is 214 Å². The van der Waals surface area contributed by atoms with E-state index in [1.807, 2.05) is 46.7 Å². The lowest BCUT2D eigenvalue weighted by atomic mass is 9.94. The van der Waals surface area contributed by atoms with Gasteiger partial charge in [0.1, 0.15) is 29.2 Å². The molecule has 1 fully saturated rings. The molecule has 2 aliphatic heterocycles. The minimum atomic E-state index is -1.95. The number of rotatable bonds is 9. The van der Waals surface area contributed by atoms with Crippen molar-refractivity contribution in [3.05, 3.63) is 65.4 Å². The summed E-state index contributed by atoms with van der Waals surface area (Å²) in [6, 6.07) is 10.9. The molecule has 5 nitrogen and oxygen atoms in total. The van der Waals surface area contributed by atoms with Crippen molar-refractivity contribution in [2.45, 2.75) is 50.7 Å². The van der Waals surface area contributed by atoms with E-state index in [-0.39, 0.29) is 36.7 Å². The van der Waals surface area contributed by atoms with Crippen molar-refractivity contribution in [2.75, 3.05) is 39.5 Å². The molecule has 1 N–H and O–H groups in total. The van der Waals surface area contributed by atoms with Crippen molar-refractivity contribution in [1.82, 2.24) is 14.4 Å². The van der Waals surface area contributed by atoms with Crippen LogP contribution < -0.4 is 4.74 Å². The summed E-state index contributed by atoms with van der Waals surface area (Å²) in [5.41, 5.74) is -0.506. The van der Waals surface area contributed by atoms with E-state index in [9.17, 15) is 9.50 Å². The zero-order valence-electron chi connectivity index (χ0n) is 21.1. The molecule has 9 heteroatoms. The maximum absolute atomic E-state index is 15.7. The number of halogens is 4. The minimum Gasteiger partial charge on any atom is -0.488 e. The molecule has 0 bridgehead atoms. The number of aliphatic hydroxyl groups excluding tert-OH is 1. The first-order chi connectivity index (χ1) is 17.7. The summed E-state index contributed by atoms with van der Waals surface area (Å²) in [5, 5.41) is 10.5. The Morgan fingerprint density at radius 3 is 2.46 bits per heavy atom. The van der Waals surface area contributed by atoms with Crippen molar-refractivity contribution >= 4 is 10.9 Å². The molecular weight excluding hydrogens is 486 g/mol. The quantitative estimate of drug-likeness (QED) is 0.410. The van der Waals surface area contributed by atoms with Gasteiger partial charge in [0.05, 0.1) is 19.3 Å². The van der Waals surface area contributed by atoms with Gasteiger partial charge < -0.3 is 14.4 Å². The van der Waals surface area contributed by atoms with E-state index in [1.165, 1.54) is 19.1 Å². The number of para-hydroxylation sites is 1. The van der Waals surface area contributed by atoms with Crippen LogP contribution in [0.2, 0.25) is 0 Å². The molecule has 0 radical (unpaired) electrons. The molecule has 0 spiro atoms. The second-order valence-corrected chi connectivity index (χ2v) is 10.6. The average molecular weight is 520 g/mol. The van der Waals surface area contributed by atoms with Crippen LogP contribution in [0.5, 0.6) is 5.75 Å². The molecule has 37 heavy (non-hydrogen) atoms. The Bertz CT molecular complexity index is 1230. The van der Waals surface area contributed by atoms with Gasteiger partial charge in [0, 0.05) is 67.7 Å². The van der Waals surface area contributed by atoms with Gasteiger partial charge in [-0.3, -0.25) is 14.2 Å². The summed E-state index contributed by atoms with van der Waals surface area (Å²) in [6.45, 7) is 4.23. The largest absolute Gasteiger partial charge is 0.488 e. The van der Waals surface area contributed by atoms with E-state index < -0.39 is 30.0 Å². The van der Waals surface area contributed by atoms with Crippen LogP contribution in [0.4, 0.5) is 17.6 Å². The van der Waals surface area contributed by atoms with Crippen LogP contribution >= 0.6 is 0 Å². The summed E-state index contributed by atoms with van der Waals surface area (Å²) in [7, 11) is 0. The smallest absolute Gasteiger partial charge is 0.143 e. The molecular formula is C28H33F4N3O2. The van der Waals surface area contributed by atoms with Gasteiger partial charge in [-0.2, -0.15) is 0 Å². The third-order valence-corrected chi connectivity index (χ3v) is 7.47. The highest BCUT2D eigenvalue weighted by Gasteiger charge is 2.41. The SMILES string of the molecule is C[C@@H]1Cn2c(cc3ccccc32)[C@@H](c2c(F)cc(OC3CN(CCCF)C3)cc2F)N1CC(C)(F)CO. The number of ether oxygens (including phenoxy) is 1. The summed E-state index contributed by atoms with van der Waals surface area (Å²) in [4.78, 5) is 3.77. The fourth-order valence-electron chi connectivity index (χ4n) is 5.59. The normalized spacial score (nSPS) is 22.6. The topological polar surface area (TPSA) is 40.9 Å². The fraction of sp³-hybridized carbons (Fsp3) is 0.500. The predicted octanol–water partition coefficient (Wildman–Crippen LogP) is 4.86. The van der Waals surface area contributed by atoms with Crippen molar-refractivity contribution in [3.63, 3.8) is 0 Å². The average Bonchev–Trinajstić information content (AvgIpc) is 3.19. The molecule has 5 rings (SSSR count). The number of nitrogens with zero attached hydrogens (tertiary/aromatic N) is 3. The van der Waals surface area contributed by atoms with E-state index in [0.29, 0.717) is 38.3 Å². The van der Waals surface area contributed by atoms with Gasteiger partial charge in [0.15, 0.2) is 0 Å². The Hall–Kier alpha value is -2.62. The molecule has 3 heterocycles. The summed E-state index contributed by atoms with van der Waals surface area (Å²) in [5.74, 6) is -1.45. The molecule has 1 unspecified atom stereocenters. The lowest BCUT2D eigenvalue weighted by Crippen LogP contribution is -2.54. The minimum absolute atomic E-state index is 0.0931. The van der Waals surface area contributed by atoms with Gasteiger partial charge in [0.25, 0.3) is 0 Å². The molecule has 3 atom stereocenters. The first-order valence-electron chi connectivity index (χ1n) is 12.8. The van der Waals surface area contributed by atoms with Crippen molar-refractivity contribution in [2.24, 2.45) is 0 Å². The summed E-state index contributed by atoms with van der Waals surface area (Å²) >= 11 is 0. The van der Waals surface area contributed by atoms with Gasteiger partial charge in [-0.1, -0.05) is 18.2 Å². The number of likely N-dealkylation sites (tertiary alicyclic amines) is 1. The number of alkyl halides is 2. The van der Waals surface area contributed by atoms with E-state index in [4.69, 9.17) is 4.74 Å². The first kappa shape index (κ1) is 26.0. The van der Waals surface area contributed by atoms with Crippen LogP contribution in [0.25, 0.3) is 10.9 Å². The molecule has 2 aromatic carbocycles. The lowest BCUT2D eigenvalue weighted by Gasteiger charge is -2.44. The Morgan fingerprint density at radius 1 is 1.08 bits per heavy atom. The molecule has 1 aromatic heterocycles. The zero-order chi connectivity index (χ0) is 26.3. The highest BCUT2D eigenvalue weighted by molar-refractivity contribution is 5.82. The van der Waals surface area contributed by atoms with Gasteiger partial charge in [-0.05, 0) is 37.8 Å². The van der Waals surface area contributed by atoms with Crippen LogP contribution in [-0.2, 0) is 6.54 Å². The maximum atomic E-state index is 15.7. The first-order valence-corrected chi connectivity index (χ1v) is 12.8. The third kappa shape index (κ3) is 5.09. The zero-order valence-corrected chi connectivity index (χ0v) is 21.1. The van der Waals surface area contributed by atoms with Crippen molar-refractivity contribution in [3.8, 4) is 5.75 Å². The number of hydrogen-bond acceptors (Lipinski definition) is 4. The second kappa shape index (κ2) is 10.3. The van der Waals surface area contributed by atoms with Gasteiger partial charge in [-0.25, -0.2) is 13.2 Å². The summed E-state index contributed by atoms with van der Waals surface area (Å²) < 4.78 is 66.7. The Morgan fingerprint density at radius 2 is 1.78 bits per heavy atom. The van der Waals surface area contributed by atoms with E-state index in [1.54, 1.807) is 4.90 Å². The number of hydrogen-bond donors (Lipinski definition) is 1. The molecule has 3 aromatic rings. The van der Waals surface area contributed by atoms with Crippen LogP contribution in [0.1, 0.15) is 37.6 Å². The third-order valence-electron chi connectivity index (χ3n) is 7.47. The lowest BCUT2D eigenvalue weighted by molar-refractivity contribution is 0.00838. The van der Waals surface area contributed by atoms with Crippen LogP contribution in [0.3, 0.4) is 0 Å². The van der Waals surface area contributed by atoms with Gasteiger partial charge in [0.2, 0.25) is 0 Å². The Balaban J connectivity index is 1.50. The van der Waals surface area contributed by atoms with Gasteiger partial charge >= 0.3 is 0 Å².